The number of hydrogen-bond donors (Lipinski definition) is 1. The molecule has 7 heteroatoms. The minimum absolute atomic E-state index is 0. The largest absolute Gasteiger partial charge is 0.494 e. The van der Waals surface area contributed by atoms with Gasteiger partial charge in [0.05, 0.1) is 27.9 Å². The van der Waals surface area contributed by atoms with E-state index in [9.17, 15) is 0 Å². The standard InChI is InChI=1S/C31H40N2O4.ClH/c1-5-6-18-37-28-12-10-26(11-13-28)33(27-14-16-32-17-15-27)22-23-8-7-9-24(19-23)25-20-29(34-2)31(36-4)30(21-25)35-3;/h7-13,19-21,27,32H,5-6,14-18,22H2,1-4H3;1H. The van der Waals surface area contributed by atoms with Gasteiger partial charge in [-0.1, -0.05) is 31.5 Å². The maximum Gasteiger partial charge on any atom is 0.203 e. The number of nitrogens with one attached hydrogen (secondary N) is 1. The average molecular weight is 541 g/mol. The second kappa shape index (κ2) is 14.7. The van der Waals surface area contributed by atoms with Gasteiger partial charge < -0.3 is 29.2 Å². The maximum atomic E-state index is 5.91. The normalized spacial score (nSPS) is 13.4. The lowest BCUT2D eigenvalue weighted by molar-refractivity contribution is 0.309. The minimum atomic E-state index is 0. The zero-order valence-electron chi connectivity index (χ0n) is 23.0. The van der Waals surface area contributed by atoms with Crippen molar-refractivity contribution in [3.05, 3.63) is 66.2 Å². The van der Waals surface area contributed by atoms with E-state index in [1.807, 2.05) is 12.1 Å². The Morgan fingerprint density at radius 3 is 2.13 bits per heavy atom. The number of unbranched alkanes of at least 4 members (excludes halogenated alkanes) is 1. The average Bonchev–Trinajstić information content (AvgIpc) is 2.96. The molecule has 0 aromatic heterocycles. The highest BCUT2D eigenvalue weighted by Gasteiger charge is 2.22. The molecule has 0 radical (unpaired) electrons. The molecule has 206 valence electrons. The number of anilines is 1. The third-order valence-electron chi connectivity index (χ3n) is 6.96. The molecule has 1 heterocycles. The number of nitrogens with zero attached hydrogens (tertiary/aromatic N) is 1. The summed E-state index contributed by atoms with van der Waals surface area (Å²) in [4.78, 5) is 2.55. The van der Waals surface area contributed by atoms with Crippen LogP contribution < -0.4 is 29.2 Å². The van der Waals surface area contributed by atoms with Crippen molar-refractivity contribution in [2.45, 2.75) is 45.2 Å². The molecule has 0 bridgehead atoms. The van der Waals surface area contributed by atoms with E-state index in [-0.39, 0.29) is 12.4 Å². The molecule has 1 aliphatic rings. The first-order chi connectivity index (χ1) is 18.2. The third kappa shape index (κ3) is 7.27. The Labute approximate surface area is 233 Å². The summed E-state index contributed by atoms with van der Waals surface area (Å²) in [5.41, 5.74) is 4.63. The Morgan fingerprint density at radius 2 is 1.53 bits per heavy atom. The Hall–Kier alpha value is -3.09. The summed E-state index contributed by atoms with van der Waals surface area (Å²) < 4.78 is 22.6. The van der Waals surface area contributed by atoms with Gasteiger partial charge in [0.1, 0.15) is 5.75 Å². The number of ether oxygens (including phenoxy) is 4. The predicted octanol–water partition coefficient (Wildman–Crippen LogP) is 6.74. The maximum absolute atomic E-state index is 5.91. The Bertz CT molecular complexity index is 1110. The van der Waals surface area contributed by atoms with Crippen molar-refractivity contribution < 1.29 is 18.9 Å². The lowest BCUT2D eigenvalue weighted by Gasteiger charge is -2.36. The van der Waals surface area contributed by atoms with Gasteiger partial charge in [0.15, 0.2) is 11.5 Å². The number of halogens is 1. The van der Waals surface area contributed by atoms with Crippen LogP contribution >= 0.6 is 12.4 Å². The van der Waals surface area contributed by atoms with Crippen LogP contribution in [0.2, 0.25) is 0 Å². The van der Waals surface area contributed by atoms with Crippen molar-refractivity contribution in [3.63, 3.8) is 0 Å². The van der Waals surface area contributed by atoms with Gasteiger partial charge in [-0.2, -0.15) is 0 Å². The molecule has 0 unspecified atom stereocenters. The summed E-state index contributed by atoms with van der Waals surface area (Å²) in [6.07, 6.45) is 4.46. The van der Waals surface area contributed by atoms with Crippen LogP contribution in [-0.4, -0.2) is 47.1 Å². The van der Waals surface area contributed by atoms with Crippen LogP contribution in [0, 0.1) is 0 Å². The Morgan fingerprint density at radius 1 is 0.842 bits per heavy atom. The van der Waals surface area contributed by atoms with E-state index < -0.39 is 0 Å². The van der Waals surface area contributed by atoms with Gasteiger partial charge in [-0.05, 0) is 91.5 Å². The van der Waals surface area contributed by atoms with Crippen LogP contribution in [-0.2, 0) is 6.54 Å². The molecule has 1 N–H and O–H groups in total. The first-order valence-electron chi connectivity index (χ1n) is 13.3. The van der Waals surface area contributed by atoms with E-state index in [1.165, 1.54) is 11.3 Å². The van der Waals surface area contributed by atoms with Gasteiger partial charge in [-0.15, -0.1) is 12.4 Å². The van der Waals surface area contributed by atoms with E-state index >= 15 is 0 Å². The molecule has 3 aromatic carbocycles. The Kier molecular flexibility index (Phi) is 11.4. The van der Waals surface area contributed by atoms with Gasteiger partial charge in [0, 0.05) is 18.3 Å². The van der Waals surface area contributed by atoms with E-state index in [2.05, 4.69) is 65.7 Å². The van der Waals surface area contributed by atoms with Gasteiger partial charge >= 0.3 is 0 Å². The molecule has 1 saturated heterocycles. The van der Waals surface area contributed by atoms with Gasteiger partial charge in [-0.3, -0.25) is 0 Å². The van der Waals surface area contributed by atoms with Crippen molar-refractivity contribution in [2.24, 2.45) is 0 Å². The molecule has 3 aromatic rings. The molecule has 38 heavy (non-hydrogen) atoms. The van der Waals surface area contributed by atoms with Crippen LogP contribution in [0.1, 0.15) is 38.2 Å². The monoisotopic (exact) mass is 540 g/mol. The molecular formula is C31H41ClN2O4. The fraction of sp³-hybridized carbons (Fsp3) is 0.419. The van der Waals surface area contributed by atoms with E-state index in [0.717, 1.165) is 68.8 Å². The molecule has 4 rings (SSSR count). The minimum Gasteiger partial charge on any atom is -0.494 e. The smallest absolute Gasteiger partial charge is 0.203 e. The molecular weight excluding hydrogens is 500 g/mol. The van der Waals surface area contributed by atoms with Crippen LogP contribution in [0.25, 0.3) is 11.1 Å². The van der Waals surface area contributed by atoms with Gasteiger partial charge in [0.2, 0.25) is 5.75 Å². The van der Waals surface area contributed by atoms with Crippen molar-refractivity contribution in [1.82, 2.24) is 5.32 Å². The second-order valence-electron chi connectivity index (χ2n) is 9.42. The van der Waals surface area contributed by atoms with Crippen LogP contribution in [0.5, 0.6) is 23.0 Å². The SMILES string of the molecule is CCCCOc1ccc(N(Cc2cccc(-c3cc(OC)c(OC)c(OC)c3)c2)C2CCNCC2)cc1.Cl. The molecule has 1 aliphatic heterocycles. The topological polar surface area (TPSA) is 52.2 Å². The molecule has 0 saturated carbocycles. The van der Waals surface area contributed by atoms with E-state index in [0.29, 0.717) is 23.3 Å². The van der Waals surface area contributed by atoms with Gasteiger partial charge in [0.25, 0.3) is 0 Å². The summed E-state index contributed by atoms with van der Waals surface area (Å²) in [6.45, 7) is 5.87. The molecule has 0 atom stereocenters. The fourth-order valence-corrected chi connectivity index (χ4v) is 4.91. The number of piperidine rings is 1. The van der Waals surface area contributed by atoms with Crippen molar-refractivity contribution >= 4 is 18.1 Å². The molecule has 0 spiro atoms. The summed E-state index contributed by atoms with van der Waals surface area (Å²) in [6, 6.07) is 21.8. The van der Waals surface area contributed by atoms with Crippen LogP contribution in [0.3, 0.4) is 0 Å². The first-order valence-corrected chi connectivity index (χ1v) is 13.3. The zero-order valence-corrected chi connectivity index (χ0v) is 23.8. The molecule has 0 aliphatic carbocycles. The highest BCUT2D eigenvalue weighted by molar-refractivity contribution is 5.85. The number of methoxy groups -OCH3 is 3. The summed E-state index contributed by atoms with van der Waals surface area (Å²) >= 11 is 0. The van der Waals surface area contributed by atoms with Crippen molar-refractivity contribution in [1.29, 1.82) is 0 Å². The van der Waals surface area contributed by atoms with E-state index in [1.54, 1.807) is 21.3 Å². The third-order valence-corrected chi connectivity index (χ3v) is 6.96. The quantitative estimate of drug-likeness (QED) is 0.257. The first kappa shape index (κ1) is 29.5. The summed E-state index contributed by atoms with van der Waals surface area (Å²) in [5.74, 6) is 2.84. The molecule has 6 nitrogen and oxygen atoms in total. The van der Waals surface area contributed by atoms with Crippen molar-refractivity contribution in [2.75, 3.05) is 45.9 Å². The van der Waals surface area contributed by atoms with E-state index in [4.69, 9.17) is 18.9 Å². The number of rotatable bonds is 12. The molecule has 0 amide bonds. The molecule has 1 fully saturated rings. The highest BCUT2D eigenvalue weighted by atomic mass is 35.5. The number of hydrogen-bond acceptors (Lipinski definition) is 6. The Balaban J connectivity index is 0.00000400. The van der Waals surface area contributed by atoms with Crippen LogP contribution in [0.15, 0.2) is 60.7 Å². The van der Waals surface area contributed by atoms with Gasteiger partial charge in [-0.25, -0.2) is 0 Å². The summed E-state index contributed by atoms with van der Waals surface area (Å²) in [5, 5.41) is 3.50. The fourth-order valence-electron chi connectivity index (χ4n) is 4.91. The summed E-state index contributed by atoms with van der Waals surface area (Å²) in [7, 11) is 4.92. The van der Waals surface area contributed by atoms with Crippen LogP contribution in [0.4, 0.5) is 5.69 Å². The number of benzene rings is 3. The van der Waals surface area contributed by atoms with Crippen molar-refractivity contribution in [3.8, 4) is 34.1 Å². The lowest BCUT2D eigenvalue weighted by Crippen LogP contribution is -2.43. The highest BCUT2D eigenvalue weighted by Crippen LogP contribution is 2.41. The second-order valence-corrected chi connectivity index (χ2v) is 9.42. The lowest BCUT2D eigenvalue weighted by atomic mass is 9.99. The predicted molar refractivity (Wildman–Crippen MR) is 158 cm³/mol. The zero-order chi connectivity index (χ0) is 26.0.